The summed E-state index contributed by atoms with van der Waals surface area (Å²) < 4.78 is 4.91. The van der Waals surface area contributed by atoms with Gasteiger partial charge in [0, 0.05) is 12.6 Å². The van der Waals surface area contributed by atoms with Crippen LogP contribution >= 0.6 is 0 Å². The summed E-state index contributed by atoms with van der Waals surface area (Å²) >= 11 is 0. The summed E-state index contributed by atoms with van der Waals surface area (Å²) in [7, 11) is 0. The molecule has 0 bridgehead atoms. The third-order valence-electron chi connectivity index (χ3n) is 2.78. The van der Waals surface area contributed by atoms with Crippen LogP contribution in [-0.4, -0.2) is 16.2 Å². The number of nitrogens with one attached hydrogen (secondary N) is 2. The summed E-state index contributed by atoms with van der Waals surface area (Å²) in [5, 5.41) is 18.0. The lowest BCUT2D eigenvalue weighted by Crippen LogP contribution is -2.44. The van der Waals surface area contributed by atoms with Crippen LogP contribution in [0.25, 0.3) is 0 Å². The van der Waals surface area contributed by atoms with Gasteiger partial charge >= 0.3 is 6.03 Å². The molecule has 0 spiro atoms. The number of urea groups is 1. The second-order valence-electron chi connectivity index (χ2n) is 5.03. The standard InChI is InChI=1S/C14H15N5O2/c1-9-16-12(19-21-9)14(2,3)18-13(20)17-11-6-4-10(8-15)5-7-11/h4-7H,1-3H3,(H2,17,18,20). The Morgan fingerprint density at radius 1 is 1.33 bits per heavy atom. The third kappa shape index (κ3) is 3.57. The Bertz CT molecular complexity index is 682. The normalized spacial score (nSPS) is 10.8. The van der Waals surface area contributed by atoms with Crippen LogP contribution in [0.5, 0.6) is 0 Å². The summed E-state index contributed by atoms with van der Waals surface area (Å²) in [6.07, 6.45) is 0. The second-order valence-corrected chi connectivity index (χ2v) is 5.03. The molecule has 1 heterocycles. The fourth-order valence-corrected chi connectivity index (χ4v) is 1.68. The van der Waals surface area contributed by atoms with E-state index in [0.717, 1.165) is 0 Å². The predicted molar refractivity (Wildman–Crippen MR) is 75.4 cm³/mol. The Labute approximate surface area is 122 Å². The highest BCUT2D eigenvalue weighted by atomic mass is 16.5. The van der Waals surface area contributed by atoms with E-state index >= 15 is 0 Å². The first-order valence-electron chi connectivity index (χ1n) is 6.31. The van der Waals surface area contributed by atoms with Gasteiger partial charge in [-0.15, -0.1) is 0 Å². The van der Waals surface area contributed by atoms with Crippen molar-refractivity contribution in [3.63, 3.8) is 0 Å². The number of nitrogens with zero attached hydrogens (tertiary/aromatic N) is 3. The van der Waals surface area contributed by atoms with Gasteiger partial charge in [-0.1, -0.05) is 5.16 Å². The zero-order chi connectivity index (χ0) is 15.5. The van der Waals surface area contributed by atoms with Crippen LogP contribution in [-0.2, 0) is 5.54 Å². The monoisotopic (exact) mass is 285 g/mol. The molecule has 0 radical (unpaired) electrons. The SMILES string of the molecule is Cc1nc(C(C)(C)NC(=O)Nc2ccc(C#N)cc2)no1. The lowest BCUT2D eigenvalue weighted by molar-refractivity contribution is 0.239. The summed E-state index contributed by atoms with van der Waals surface area (Å²) in [6.45, 7) is 5.23. The number of rotatable bonds is 3. The van der Waals surface area contributed by atoms with Crippen molar-refractivity contribution in [1.82, 2.24) is 15.5 Å². The molecule has 0 atom stereocenters. The van der Waals surface area contributed by atoms with Crippen LogP contribution in [0.4, 0.5) is 10.5 Å². The van der Waals surface area contributed by atoms with Gasteiger partial charge in [-0.2, -0.15) is 10.2 Å². The summed E-state index contributed by atoms with van der Waals surface area (Å²) in [6, 6.07) is 8.19. The molecule has 1 aromatic carbocycles. The Hall–Kier alpha value is -2.88. The van der Waals surface area contributed by atoms with E-state index in [1.807, 2.05) is 6.07 Å². The molecule has 2 aromatic rings. The highest BCUT2D eigenvalue weighted by Crippen LogP contribution is 2.17. The zero-order valence-corrected chi connectivity index (χ0v) is 12.0. The van der Waals surface area contributed by atoms with Gasteiger partial charge in [0.15, 0.2) is 5.82 Å². The largest absolute Gasteiger partial charge is 0.340 e. The first kappa shape index (κ1) is 14.5. The van der Waals surface area contributed by atoms with Crippen molar-refractivity contribution in [2.24, 2.45) is 0 Å². The summed E-state index contributed by atoms with van der Waals surface area (Å²) in [5.41, 5.74) is 0.351. The smallest absolute Gasteiger partial charge is 0.320 e. The minimum absolute atomic E-state index is 0.396. The Kier molecular flexibility index (Phi) is 3.89. The van der Waals surface area contributed by atoms with Crippen molar-refractivity contribution in [3.8, 4) is 6.07 Å². The Morgan fingerprint density at radius 3 is 2.52 bits per heavy atom. The predicted octanol–water partition coefficient (Wildman–Crippen LogP) is 2.31. The van der Waals surface area contributed by atoms with Crippen molar-refractivity contribution in [2.75, 3.05) is 5.32 Å². The first-order valence-corrected chi connectivity index (χ1v) is 6.31. The number of carbonyl (C=O) groups is 1. The number of amides is 2. The molecular formula is C14H15N5O2. The topological polar surface area (TPSA) is 104 Å². The lowest BCUT2D eigenvalue weighted by Gasteiger charge is -2.22. The maximum Gasteiger partial charge on any atom is 0.320 e. The Balaban J connectivity index is 2.02. The fourth-order valence-electron chi connectivity index (χ4n) is 1.68. The van der Waals surface area contributed by atoms with Crippen LogP contribution in [0.1, 0.15) is 31.1 Å². The van der Waals surface area contributed by atoms with Gasteiger partial charge in [0.25, 0.3) is 0 Å². The second kappa shape index (κ2) is 5.63. The summed E-state index contributed by atoms with van der Waals surface area (Å²) in [5.74, 6) is 0.836. The first-order chi connectivity index (χ1) is 9.90. The number of aryl methyl sites for hydroxylation is 1. The number of anilines is 1. The van der Waals surface area contributed by atoms with Crippen molar-refractivity contribution in [1.29, 1.82) is 5.26 Å². The van der Waals surface area contributed by atoms with Crippen LogP contribution in [0.15, 0.2) is 28.8 Å². The lowest BCUT2D eigenvalue weighted by atomic mass is 10.1. The van der Waals surface area contributed by atoms with Gasteiger partial charge < -0.3 is 15.2 Å². The Morgan fingerprint density at radius 2 is 2.00 bits per heavy atom. The fraction of sp³-hybridized carbons (Fsp3) is 0.286. The number of nitriles is 1. The van der Waals surface area contributed by atoms with E-state index < -0.39 is 11.6 Å². The number of carbonyl (C=O) groups excluding carboxylic acids is 1. The van der Waals surface area contributed by atoms with E-state index in [4.69, 9.17) is 9.78 Å². The molecule has 0 saturated carbocycles. The maximum absolute atomic E-state index is 12.0. The molecular weight excluding hydrogens is 270 g/mol. The van der Waals surface area contributed by atoms with Gasteiger partial charge in [-0.25, -0.2) is 4.79 Å². The minimum atomic E-state index is -0.769. The maximum atomic E-state index is 12.0. The average Bonchev–Trinajstić information content (AvgIpc) is 2.86. The zero-order valence-electron chi connectivity index (χ0n) is 12.0. The molecule has 21 heavy (non-hydrogen) atoms. The number of hydrogen-bond donors (Lipinski definition) is 2. The third-order valence-corrected chi connectivity index (χ3v) is 2.78. The van der Waals surface area contributed by atoms with Crippen LogP contribution in [0.2, 0.25) is 0 Å². The van der Waals surface area contributed by atoms with Gasteiger partial charge in [0.2, 0.25) is 5.89 Å². The van der Waals surface area contributed by atoms with Crippen LogP contribution in [0, 0.1) is 18.3 Å². The molecule has 0 aliphatic rings. The van der Waals surface area contributed by atoms with Crippen molar-refractivity contribution < 1.29 is 9.32 Å². The molecule has 7 nitrogen and oxygen atoms in total. The van der Waals surface area contributed by atoms with E-state index in [0.29, 0.717) is 23.0 Å². The van der Waals surface area contributed by atoms with E-state index in [-0.39, 0.29) is 0 Å². The van der Waals surface area contributed by atoms with Crippen molar-refractivity contribution >= 4 is 11.7 Å². The molecule has 1 aromatic heterocycles. The average molecular weight is 285 g/mol. The van der Waals surface area contributed by atoms with Gasteiger partial charge in [-0.05, 0) is 38.1 Å². The molecule has 0 aliphatic carbocycles. The molecule has 0 unspecified atom stereocenters. The van der Waals surface area contributed by atoms with E-state index in [1.165, 1.54) is 0 Å². The minimum Gasteiger partial charge on any atom is -0.340 e. The highest BCUT2D eigenvalue weighted by molar-refractivity contribution is 5.89. The number of aromatic nitrogens is 2. The van der Waals surface area contributed by atoms with Crippen molar-refractivity contribution in [2.45, 2.75) is 26.3 Å². The van der Waals surface area contributed by atoms with Crippen LogP contribution in [0.3, 0.4) is 0 Å². The quantitative estimate of drug-likeness (QED) is 0.900. The molecule has 2 amide bonds. The number of benzene rings is 1. The van der Waals surface area contributed by atoms with Crippen molar-refractivity contribution in [3.05, 3.63) is 41.5 Å². The highest BCUT2D eigenvalue weighted by Gasteiger charge is 2.28. The van der Waals surface area contributed by atoms with Gasteiger partial charge in [-0.3, -0.25) is 0 Å². The van der Waals surface area contributed by atoms with E-state index in [2.05, 4.69) is 20.8 Å². The van der Waals surface area contributed by atoms with Gasteiger partial charge in [0.05, 0.1) is 17.2 Å². The summed E-state index contributed by atoms with van der Waals surface area (Å²) in [4.78, 5) is 16.1. The molecule has 0 saturated heterocycles. The van der Waals surface area contributed by atoms with Gasteiger partial charge in [0.1, 0.15) is 0 Å². The molecule has 0 fully saturated rings. The van der Waals surface area contributed by atoms with E-state index in [1.54, 1.807) is 45.0 Å². The molecule has 108 valence electrons. The molecule has 7 heteroatoms. The van der Waals surface area contributed by atoms with E-state index in [9.17, 15) is 4.79 Å². The molecule has 2 N–H and O–H groups in total. The number of hydrogen-bond acceptors (Lipinski definition) is 5. The molecule has 2 rings (SSSR count). The van der Waals surface area contributed by atoms with Crippen LogP contribution < -0.4 is 10.6 Å². The molecule has 0 aliphatic heterocycles.